The third kappa shape index (κ3) is 4.36. The number of aryl methyl sites for hydroxylation is 2. The molecule has 1 atom stereocenters. The molecule has 0 aliphatic carbocycles. The lowest BCUT2D eigenvalue weighted by Crippen LogP contribution is -2.36. The minimum atomic E-state index is -3.49. The number of ether oxygens (including phenoxy) is 1. The molecule has 2 aromatic rings. The van der Waals surface area contributed by atoms with Gasteiger partial charge in [-0.1, -0.05) is 23.7 Å². The van der Waals surface area contributed by atoms with Gasteiger partial charge in [-0.05, 0) is 49.2 Å². The van der Waals surface area contributed by atoms with E-state index in [0.29, 0.717) is 22.1 Å². The molecule has 1 amide bonds. The highest BCUT2D eigenvalue weighted by molar-refractivity contribution is 7.92. The van der Waals surface area contributed by atoms with Crippen LogP contribution in [0.4, 0.5) is 11.4 Å². The average Bonchev–Trinajstić information content (AvgIpc) is 2.77. The molecule has 0 fully saturated rings. The first kappa shape index (κ1) is 19.5. The van der Waals surface area contributed by atoms with E-state index >= 15 is 0 Å². The summed E-state index contributed by atoms with van der Waals surface area (Å²) in [5.74, 6) is 0.0161. The lowest BCUT2D eigenvalue weighted by atomic mass is 10.2. The van der Waals surface area contributed by atoms with Crippen molar-refractivity contribution < 1.29 is 17.9 Å². The van der Waals surface area contributed by atoms with Crippen LogP contribution in [0.3, 0.4) is 0 Å². The number of hydrogen-bond donors (Lipinski definition) is 1. The Bertz CT molecular complexity index is 991. The fraction of sp³-hybridized carbons (Fsp3) is 0.316. The minimum Gasteiger partial charge on any atom is -0.478 e. The third-order valence-electron chi connectivity index (χ3n) is 4.38. The molecule has 1 aliphatic rings. The van der Waals surface area contributed by atoms with Crippen LogP contribution in [-0.2, 0) is 14.8 Å². The van der Waals surface area contributed by atoms with Crippen molar-refractivity contribution in [3.63, 3.8) is 0 Å². The fourth-order valence-electron chi connectivity index (χ4n) is 2.91. The second-order valence-electron chi connectivity index (χ2n) is 6.65. The Kier molecular flexibility index (Phi) is 5.35. The molecule has 0 bridgehead atoms. The summed E-state index contributed by atoms with van der Waals surface area (Å²) in [5.41, 5.74) is 2.83. The lowest BCUT2D eigenvalue weighted by Gasteiger charge is -2.21. The highest BCUT2D eigenvalue weighted by Crippen LogP contribution is 2.35. The number of rotatable bonds is 3. The number of nitrogens with zero attached hydrogens (tertiary/aromatic N) is 1. The molecule has 1 aliphatic heterocycles. The van der Waals surface area contributed by atoms with E-state index in [1.54, 1.807) is 24.3 Å². The fourth-order valence-corrected chi connectivity index (χ4v) is 4.03. The van der Waals surface area contributed by atoms with Crippen LogP contribution in [0.25, 0.3) is 0 Å². The van der Waals surface area contributed by atoms with E-state index in [9.17, 15) is 13.2 Å². The second kappa shape index (κ2) is 7.40. The van der Waals surface area contributed by atoms with Crippen LogP contribution in [0.15, 0.2) is 36.4 Å². The summed E-state index contributed by atoms with van der Waals surface area (Å²) in [6.45, 7) is 3.90. The van der Waals surface area contributed by atoms with E-state index < -0.39 is 16.1 Å². The van der Waals surface area contributed by atoms with Crippen LogP contribution in [0, 0.1) is 13.8 Å². The summed E-state index contributed by atoms with van der Waals surface area (Å²) in [5, 5.41) is 3.34. The molecule has 0 aromatic heterocycles. The van der Waals surface area contributed by atoms with Gasteiger partial charge in [-0.15, -0.1) is 0 Å². The van der Waals surface area contributed by atoms with Crippen LogP contribution in [0.1, 0.15) is 17.5 Å². The van der Waals surface area contributed by atoms with E-state index in [1.165, 1.54) is 4.31 Å². The second-order valence-corrected chi connectivity index (χ2v) is 8.97. The number of sulfonamides is 1. The number of hydrogen-bond acceptors (Lipinski definition) is 4. The van der Waals surface area contributed by atoms with Crippen LogP contribution < -0.4 is 14.4 Å². The van der Waals surface area contributed by atoms with Crippen LogP contribution >= 0.6 is 11.6 Å². The van der Waals surface area contributed by atoms with Gasteiger partial charge in [0.05, 0.1) is 11.9 Å². The van der Waals surface area contributed by atoms with Gasteiger partial charge in [-0.25, -0.2) is 8.42 Å². The standard InChI is InChI=1S/C19H21ClN2O4S/c1-12-4-7-17-16(10-12)22(27(3,24)25)9-8-18(26-17)19(23)21-14-6-5-13(2)15(20)11-14/h4-7,10-11,18H,8-9H2,1-3H3,(H,21,23)/t18-/m1/s1. The Labute approximate surface area is 164 Å². The molecule has 0 saturated carbocycles. The van der Waals surface area contributed by atoms with E-state index in [1.807, 2.05) is 26.0 Å². The molecule has 0 spiro atoms. The quantitative estimate of drug-likeness (QED) is 0.843. The number of amides is 1. The minimum absolute atomic E-state index is 0.155. The van der Waals surface area contributed by atoms with Crippen molar-refractivity contribution in [2.24, 2.45) is 0 Å². The van der Waals surface area contributed by atoms with Gasteiger partial charge < -0.3 is 10.1 Å². The molecule has 0 saturated heterocycles. The van der Waals surface area contributed by atoms with Gasteiger partial charge in [0.15, 0.2) is 6.10 Å². The van der Waals surface area contributed by atoms with Gasteiger partial charge in [0.25, 0.3) is 5.91 Å². The maximum Gasteiger partial charge on any atom is 0.265 e. The molecule has 1 heterocycles. The molecular formula is C19H21ClN2O4S. The molecule has 6 nitrogen and oxygen atoms in total. The zero-order chi connectivity index (χ0) is 19.8. The summed E-state index contributed by atoms with van der Waals surface area (Å²) in [6, 6.07) is 10.5. The summed E-state index contributed by atoms with van der Waals surface area (Å²) < 4.78 is 31.6. The number of halogens is 1. The number of nitrogens with one attached hydrogen (secondary N) is 1. The predicted octanol–water partition coefficient (Wildman–Crippen LogP) is 3.51. The van der Waals surface area contributed by atoms with Gasteiger partial charge in [-0.3, -0.25) is 9.10 Å². The van der Waals surface area contributed by atoms with E-state index in [-0.39, 0.29) is 18.9 Å². The van der Waals surface area contributed by atoms with Crippen molar-refractivity contribution in [3.05, 3.63) is 52.5 Å². The Morgan fingerprint density at radius 2 is 1.96 bits per heavy atom. The highest BCUT2D eigenvalue weighted by Gasteiger charge is 2.31. The molecule has 144 valence electrons. The van der Waals surface area contributed by atoms with Crippen LogP contribution in [0.5, 0.6) is 5.75 Å². The predicted molar refractivity (Wildman–Crippen MR) is 107 cm³/mol. The maximum absolute atomic E-state index is 12.7. The maximum atomic E-state index is 12.7. The van der Waals surface area contributed by atoms with Crippen molar-refractivity contribution >= 4 is 38.9 Å². The van der Waals surface area contributed by atoms with Crippen molar-refractivity contribution in [1.29, 1.82) is 0 Å². The van der Waals surface area contributed by atoms with E-state index in [4.69, 9.17) is 16.3 Å². The SMILES string of the molecule is Cc1ccc2c(c1)N(S(C)(=O)=O)CC[C@H](C(=O)Nc1ccc(C)c(Cl)c1)O2. The third-order valence-corrected chi connectivity index (χ3v) is 5.97. The number of carbonyl (C=O) groups is 1. The van der Waals surface area contributed by atoms with Gasteiger partial charge in [0.1, 0.15) is 5.75 Å². The Morgan fingerprint density at radius 1 is 1.22 bits per heavy atom. The highest BCUT2D eigenvalue weighted by atomic mass is 35.5. The van der Waals surface area contributed by atoms with Gasteiger partial charge >= 0.3 is 0 Å². The molecule has 3 rings (SSSR count). The monoisotopic (exact) mass is 408 g/mol. The van der Waals surface area contributed by atoms with E-state index in [2.05, 4.69) is 5.32 Å². The number of anilines is 2. The molecule has 2 aromatic carbocycles. The average molecular weight is 409 g/mol. The molecular weight excluding hydrogens is 388 g/mol. The summed E-state index contributed by atoms with van der Waals surface area (Å²) >= 11 is 6.10. The van der Waals surface area contributed by atoms with Gasteiger partial charge in [-0.2, -0.15) is 0 Å². The largest absolute Gasteiger partial charge is 0.478 e. The van der Waals surface area contributed by atoms with Gasteiger partial charge in [0.2, 0.25) is 10.0 Å². The Balaban J connectivity index is 1.87. The van der Waals surface area contributed by atoms with Crippen molar-refractivity contribution in [2.75, 3.05) is 22.4 Å². The number of fused-ring (bicyclic) bond motifs is 1. The normalized spacial score (nSPS) is 16.9. The van der Waals surface area contributed by atoms with Gasteiger partial charge in [0, 0.05) is 23.7 Å². The topological polar surface area (TPSA) is 75.7 Å². The summed E-state index contributed by atoms with van der Waals surface area (Å²) in [6.07, 6.45) is 0.554. The molecule has 27 heavy (non-hydrogen) atoms. The zero-order valence-corrected chi connectivity index (χ0v) is 16.9. The Hall–Kier alpha value is -2.25. The van der Waals surface area contributed by atoms with Crippen molar-refractivity contribution in [3.8, 4) is 5.75 Å². The van der Waals surface area contributed by atoms with Crippen LogP contribution in [0.2, 0.25) is 5.02 Å². The van der Waals surface area contributed by atoms with Crippen molar-refractivity contribution in [2.45, 2.75) is 26.4 Å². The zero-order valence-electron chi connectivity index (χ0n) is 15.3. The first-order valence-corrected chi connectivity index (χ1v) is 10.7. The molecule has 8 heteroatoms. The number of carbonyl (C=O) groups excluding carboxylic acids is 1. The first-order valence-electron chi connectivity index (χ1n) is 8.47. The molecule has 0 radical (unpaired) electrons. The van der Waals surface area contributed by atoms with Crippen molar-refractivity contribution in [1.82, 2.24) is 0 Å². The molecule has 0 unspecified atom stereocenters. The van der Waals surface area contributed by atoms with E-state index in [0.717, 1.165) is 17.4 Å². The number of benzene rings is 2. The Morgan fingerprint density at radius 3 is 2.63 bits per heavy atom. The molecule has 1 N–H and O–H groups in total. The first-order chi connectivity index (χ1) is 12.6. The smallest absolute Gasteiger partial charge is 0.265 e. The van der Waals surface area contributed by atoms with Crippen LogP contribution in [-0.4, -0.2) is 33.2 Å². The summed E-state index contributed by atoms with van der Waals surface area (Å²) in [4.78, 5) is 12.7. The lowest BCUT2D eigenvalue weighted by molar-refractivity contribution is -0.122. The summed E-state index contributed by atoms with van der Waals surface area (Å²) in [7, 11) is -3.49.